The Morgan fingerprint density at radius 2 is 0.714 bits per heavy atom. The second-order valence-corrected chi connectivity index (χ2v) is 7.89. The molecule has 0 radical (unpaired) electrons. The molecule has 7 aromatic rings. The highest BCUT2D eigenvalue weighted by Crippen LogP contribution is 2.49. The lowest BCUT2D eigenvalue weighted by Gasteiger charge is -2.22. The molecule has 0 aromatic heterocycles. The average molecular weight is 358 g/mol. The lowest BCUT2D eigenvalue weighted by molar-refractivity contribution is 1.50. The molecule has 0 aliphatic carbocycles. The first-order valence-electron chi connectivity index (χ1n) is 10.3. The van der Waals surface area contributed by atoms with E-state index in [2.05, 4.69) is 74.5 Å². The van der Waals surface area contributed by atoms with Crippen LogP contribution in [0.4, 0.5) is 0 Å². The van der Waals surface area contributed by atoms with Gasteiger partial charge in [0.25, 0.3) is 0 Å². The second kappa shape index (κ2) is 5.23. The quantitative estimate of drug-likeness (QED) is 0.188. The van der Waals surface area contributed by atoms with E-state index in [9.17, 15) is 0 Å². The zero-order chi connectivity index (χ0) is 19.2. The predicted octanol–water partition coefficient (Wildman–Crippen LogP) is 8.56. The SMILES string of the molecule is CC.Cc1cc2ccc3ccc4c(C)cc5ccc6ccc1c1c6c5c4c3c21. The van der Waals surface area contributed by atoms with Crippen LogP contribution in [0.5, 0.6) is 0 Å². The van der Waals surface area contributed by atoms with Crippen LogP contribution in [0, 0.1) is 13.8 Å². The molecule has 0 heterocycles. The molecule has 0 N–H and O–H groups in total. The van der Waals surface area contributed by atoms with Crippen LogP contribution in [0.3, 0.4) is 0 Å². The van der Waals surface area contributed by atoms with Gasteiger partial charge in [-0.05, 0) is 89.6 Å². The van der Waals surface area contributed by atoms with Gasteiger partial charge in [-0.3, -0.25) is 0 Å². The highest BCUT2D eigenvalue weighted by atomic mass is 14.2. The van der Waals surface area contributed by atoms with Crippen molar-refractivity contribution in [1.82, 2.24) is 0 Å². The molecule has 0 saturated carbocycles. The molecule has 0 fully saturated rings. The molecular weight excluding hydrogens is 336 g/mol. The van der Waals surface area contributed by atoms with Crippen LogP contribution in [0.2, 0.25) is 0 Å². The van der Waals surface area contributed by atoms with Crippen LogP contribution in [-0.4, -0.2) is 0 Å². The molecule has 0 unspecified atom stereocenters. The summed E-state index contributed by atoms with van der Waals surface area (Å²) in [5.74, 6) is 0. The molecule has 0 aliphatic rings. The van der Waals surface area contributed by atoms with Crippen molar-refractivity contribution >= 4 is 64.6 Å². The van der Waals surface area contributed by atoms with Gasteiger partial charge in [-0.1, -0.05) is 74.5 Å². The third-order valence-electron chi connectivity index (χ3n) is 6.53. The van der Waals surface area contributed by atoms with Crippen molar-refractivity contribution in [3.63, 3.8) is 0 Å². The summed E-state index contributed by atoms with van der Waals surface area (Å²) < 4.78 is 0. The topological polar surface area (TPSA) is 0 Å². The van der Waals surface area contributed by atoms with Crippen LogP contribution in [-0.2, 0) is 0 Å². The number of benzene rings is 7. The molecule has 28 heavy (non-hydrogen) atoms. The van der Waals surface area contributed by atoms with Gasteiger partial charge in [0, 0.05) is 0 Å². The highest BCUT2D eigenvalue weighted by molar-refractivity contribution is 6.44. The van der Waals surface area contributed by atoms with E-state index < -0.39 is 0 Å². The molecule has 7 aromatic carbocycles. The van der Waals surface area contributed by atoms with Crippen molar-refractivity contribution in [2.45, 2.75) is 27.7 Å². The van der Waals surface area contributed by atoms with E-state index in [1.165, 1.54) is 75.8 Å². The summed E-state index contributed by atoms with van der Waals surface area (Å²) in [6, 6.07) is 23.2. The Morgan fingerprint density at radius 3 is 1.14 bits per heavy atom. The maximum absolute atomic E-state index is 2.36. The molecule has 0 aliphatic heterocycles. The van der Waals surface area contributed by atoms with Crippen molar-refractivity contribution < 1.29 is 0 Å². The summed E-state index contributed by atoms with van der Waals surface area (Å²) in [5, 5.41) is 16.9. The van der Waals surface area contributed by atoms with Crippen molar-refractivity contribution in [2.24, 2.45) is 0 Å². The summed E-state index contributed by atoms with van der Waals surface area (Å²) in [7, 11) is 0. The Labute approximate surface area is 164 Å². The van der Waals surface area contributed by atoms with E-state index >= 15 is 0 Å². The molecule has 0 atom stereocenters. The molecule has 0 saturated heterocycles. The number of rotatable bonds is 0. The van der Waals surface area contributed by atoms with Gasteiger partial charge in [-0.15, -0.1) is 0 Å². The van der Waals surface area contributed by atoms with E-state index in [4.69, 9.17) is 0 Å². The molecule has 7 rings (SSSR count). The molecule has 0 bridgehead atoms. The van der Waals surface area contributed by atoms with Crippen LogP contribution < -0.4 is 0 Å². The average Bonchev–Trinajstić information content (AvgIpc) is 2.74. The normalized spacial score (nSPS) is 12.3. The van der Waals surface area contributed by atoms with Crippen molar-refractivity contribution in [2.75, 3.05) is 0 Å². The fraction of sp³-hybridized carbons (Fsp3) is 0.143. The standard InChI is InChI=1S/C26H16.C2H6/c1-13-11-17-5-3-16-8-10-20-14(2)12-18-6-4-15-7-9-19(13)25-21(15)24(18)26(20)22(16)23(17)25;1-2/h3-12H,1-2H3;1-2H3. The van der Waals surface area contributed by atoms with Gasteiger partial charge in [0.05, 0.1) is 0 Å². The maximum atomic E-state index is 2.36. The summed E-state index contributed by atoms with van der Waals surface area (Å²) in [4.78, 5) is 0. The lowest BCUT2D eigenvalue weighted by atomic mass is 9.81. The van der Waals surface area contributed by atoms with Gasteiger partial charge in [-0.2, -0.15) is 0 Å². The van der Waals surface area contributed by atoms with Gasteiger partial charge in [0.1, 0.15) is 0 Å². The fourth-order valence-corrected chi connectivity index (χ4v) is 5.45. The first-order chi connectivity index (χ1) is 13.7. The molecular formula is C28H22. The van der Waals surface area contributed by atoms with E-state index in [0.29, 0.717) is 0 Å². The van der Waals surface area contributed by atoms with Gasteiger partial charge >= 0.3 is 0 Å². The Morgan fingerprint density at radius 1 is 0.393 bits per heavy atom. The highest BCUT2D eigenvalue weighted by Gasteiger charge is 2.21. The van der Waals surface area contributed by atoms with E-state index in [1.807, 2.05) is 13.8 Å². The van der Waals surface area contributed by atoms with E-state index in [0.717, 1.165) is 0 Å². The van der Waals surface area contributed by atoms with Crippen LogP contribution >= 0.6 is 0 Å². The zero-order valence-corrected chi connectivity index (χ0v) is 16.8. The minimum atomic E-state index is 1.36. The largest absolute Gasteiger partial charge is 0.0683 e. The first-order valence-corrected chi connectivity index (χ1v) is 10.3. The minimum Gasteiger partial charge on any atom is -0.0683 e. The summed E-state index contributed by atoms with van der Waals surface area (Å²) in [5.41, 5.74) is 2.74. The van der Waals surface area contributed by atoms with Crippen molar-refractivity contribution in [3.05, 3.63) is 71.8 Å². The molecule has 0 heteroatoms. The maximum Gasteiger partial charge on any atom is -0.00112 e. The van der Waals surface area contributed by atoms with Gasteiger partial charge in [0.2, 0.25) is 0 Å². The monoisotopic (exact) mass is 358 g/mol. The summed E-state index contributed by atoms with van der Waals surface area (Å²) in [6.45, 7) is 8.49. The summed E-state index contributed by atoms with van der Waals surface area (Å²) in [6.07, 6.45) is 0. The van der Waals surface area contributed by atoms with Crippen molar-refractivity contribution in [1.29, 1.82) is 0 Å². The molecule has 0 amide bonds. The van der Waals surface area contributed by atoms with Gasteiger partial charge in [0.15, 0.2) is 0 Å². The zero-order valence-electron chi connectivity index (χ0n) is 16.8. The lowest BCUT2D eigenvalue weighted by Crippen LogP contribution is -1.94. The van der Waals surface area contributed by atoms with Crippen LogP contribution in [0.15, 0.2) is 60.7 Å². The third-order valence-corrected chi connectivity index (χ3v) is 6.53. The van der Waals surface area contributed by atoms with Crippen LogP contribution in [0.1, 0.15) is 25.0 Å². The Hall–Kier alpha value is -3.12. The molecule has 0 nitrogen and oxygen atoms in total. The third kappa shape index (κ3) is 1.67. The molecule has 0 spiro atoms. The number of hydrogen-bond acceptors (Lipinski definition) is 0. The van der Waals surface area contributed by atoms with Gasteiger partial charge < -0.3 is 0 Å². The Kier molecular flexibility index (Phi) is 2.97. The van der Waals surface area contributed by atoms with Crippen molar-refractivity contribution in [3.8, 4) is 0 Å². The second-order valence-electron chi connectivity index (χ2n) is 7.89. The van der Waals surface area contributed by atoms with E-state index in [1.54, 1.807) is 0 Å². The smallest absolute Gasteiger partial charge is 0.00112 e. The summed E-state index contributed by atoms with van der Waals surface area (Å²) >= 11 is 0. The number of aryl methyl sites for hydroxylation is 2. The Balaban J connectivity index is 0.000000756. The Bertz CT molecular complexity index is 1490. The van der Waals surface area contributed by atoms with Gasteiger partial charge in [-0.25, -0.2) is 0 Å². The van der Waals surface area contributed by atoms with E-state index in [-0.39, 0.29) is 0 Å². The van der Waals surface area contributed by atoms with Crippen LogP contribution in [0.25, 0.3) is 64.6 Å². The first kappa shape index (κ1) is 15.9. The minimum absolute atomic E-state index is 1.36. The number of hydrogen-bond donors (Lipinski definition) is 0. The molecule has 134 valence electrons. The fourth-order valence-electron chi connectivity index (χ4n) is 5.45. The predicted molar refractivity (Wildman–Crippen MR) is 126 cm³/mol.